The van der Waals surface area contributed by atoms with Gasteiger partial charge in [-0.05, 0) is 18.2 Å². The Morgan fingerprint density at radius 1 is 1.36 bits per heavy atom. The molecule has 76 valence electrons. The van der Waals surface area contributed by atoms with E-state index < -0.39 is 5.92 Å². The minimum Gasteiger partial charge on any atom is -0.399 e. The summed E-state index contributed by atoms with van der Waals surface area (Å²) >= 11 is 0. The molecule has 1 saturated heterocycles. The van der Waals surface area contributed by atoms with Crippen molar-refractivity contribution in [3.05, 3.63) is 24.3 Å². The molecule has 0 amide bonds. The molecular formula is C10H12F2N2. The van der Waals surface area contributed by atoms with E-state index in [9.17, 15) is 8.78 Å². The number of anilines is 2. The Labute approximate surface area is 81.3 Å². The summed E-state index contributed by atoms with van der Waals surface area (Å²) in [6.45, 7) is 0.201. The molecule has 0 aromatic heterocycles. The number of rotatable bonds is 1. The van der Waals surface area contributed by atoms with Crippen LogP contribution in [0.5, 0.6) is 0 Å². The van der Waals surface area contributed by atoms with Gasteiger partial charge in [-0.25, -0.2) is 8.78 Å². The Morgan fingerprint density at radius 3 is 2.71 bits per heavy atom. The highest BCUT2D eigenvalue weighted by Crippen LogP contribution is 2.31. The van der Waals surface area contributed by atoms with E-state index in [0.717, 1.165) is 5.69 Å². The van der Waals surface area contributed by atoms with Crippen molar-refractivity contribution in [1.82, 2.24) is 0 Å². The Bertz CT molecular complexity index is 339. The predicted octanol–water partition coefficient (Wildman–Crippen LogP) is 2.11. The van der Waals surface area contributed by atoms with Crippen LogP contribution in [-0.4, -0.2) is 19.0 Å². The number of benzene rings is 1. The minimum atomic E-state index is -2.55. The number of hydrogen-bond donors (Lipinski definition) is 1. The summed E-state index contributed by atoms with van der Waals surface area (Å²) < 4.78 is 25.8. The van der Waals surface area contributed by atoms with Crippen molar-refractivity contribution in [1.29, 1.82) is 0 Å². The molecule has 0 spiro atoms. The van der Waals surface area contributed by atoms with E-state index in [2.05, 4.69) is 0 Å². The summed E-state index contributed by atoms with van der Waals surface area (Å²) in [6.07, 6.45) is -0.0677. The van der Waals surface area contributed by atoms with Gasteiger partial charge in [0.25, 0.3) is 5.92 Å². The molecule has 2 rings (SSSR count). The molecule has 1 aliphatic heterocycles. The SMILES string of the molecule is Nc1cccc(N2CCC(F)(F)C2)c1. The third-order valence-electron chi connectivity index (χ3n) is 2.41. The van der Waals surface area contributed by atoms with Gasteiger partial charge in [0, 0.05) is 24.3 Å². The average Bonchev–Trinajstić information content (AvgIpc) is 2.46. The summed E-state index contributed by atoms with van der Waals surface area (Å²) in [7, 11) is 0. The lowest BCUT2D eigenvalue weighted by Crippen LogP contribution is -2.24. The highest BCUT2D eigenvalue weighted by atomic mass is 19.3. The topological polar surface area (TPSA) is 29.3 Å². The fourth-order valence-corrected chi connectivity index (χ4v) is 1.68. The Hall–Kier alpha value is -1.32. The molecule has 2 N–H and O–H groups in total. The molecule has 0 radical (unpaired) electrons. The molecule has 1 aromatic rings. The van der Waals surface area contributed by atoms with Gasteiger partial charge in [0.15, 0.2) is 0 Å². The van der Waals surface area contributed by atoms with Crippen LogP contribution in [0.4, 0.5) is 20.2 Å². The molecule has 4 heteroatoms. The first-order valence-electron chi connectivity index (χ1n) is 4.55. The van der Waals surface area contributed by atoms with Crippen molar-refractivity contribution in [2.75, 3.05) is 23.7 Å². The van der Waals surface area contributed by atoms with E-state index in [1.54, 1.807) is 29.2 Å². The lowest BCUT2D eigenvalue weighted by molar-refractivity contribution is 0.0257. The zero-order valence-electron chi connectivity index (χ0n) is 7.71. The molecule has 0 atom stereocenters. The van der Waals surface area contributed by atoms with Gasteiger partial charge in [-0.1, -0.05) is 6.07 Å². The maximum absolute atomic E-state index is 12.9. The first-order valence-corrected chi connectivity index (χ1v) is 4.55. The van der Waals surface area contributed by atoms with Crippen LogP contribution < -0.4 is 10.6 Å². The Balaban J connectivity index is 2.17. The van der Waals surface area contributed by atoms with E-state index in [-0.39, 0.29) is 13.0 Å². The Morgan fingerprint density at radius 2 is 2.14 bits per heavy atom. The molecule has 0 saturated carbocycles. The van der Waals surface area contributed by atoms with Gasteiger partial charge in [0.1, 0.15) is 0 Å². The van der Waals surface area contributed by atoms with Crippen molar-refractivity contribution < 1.29 is 8.78 Å². The van der Waals surface area contributed by atoms with Crippen molar-refractivity contribution >= 4 is 11.4 Å². The molecule has 14 heavy (non-hydrogen) atoms. The zero-order chi connectivity index (χ0) is 10.2. The largest absolute Gasteiger partial charge is 0.399 e. The second-order valence-corrected chi connectivity index (χ2v) is 3.62. The minimum absolute atomic E-state index is 0.0677. The second kappa shape index (κ2) is 3.12. The fraction of sp³-hybridized carbons (Fsp3) is 0.400. The van der Waals surface area contributed by atoms with Crippen molar-refractivity contribution in [2.24, 2.45) is 0 Å². The lowest BCUT2D eigenvalue weighted by atomic mass is 10.2. The number of nitrogens with zero attached hydrogens (tertiary/aromatic N) is 1. The number of nitrogen functional groups attached to an aromatic ring is 1. The summed E-state index contributed by atoms with van der Waals surface area (Å²) in [5.74, 6) is -2.55. The lowest BCUT2D eigenvalue weighted by Gasteiger charge is -2.18. The smallest absolute Gasteiger partial charge is 0.266 e. The van der Waals surface area contributed by atoms with Crippen LogP contribution in [0.2, 0.25) is 0 Å². The highest BCUT2D eigenvalue weighted by molar-refractivity contribution is 5.56. The third-order valence-corrected chi connectivity index (χ3v) is 2.41. The van der Waals surface area contributed by atoms with Crippen molar-refractivity contribution in [2.45, 2.75) is 12.3 Å². The molecule has 0 unspecified atom stereocenters. The fourth-order valence-electron chi connectivity index (χ4n) is 1.68. The van der Waals surface area contributed by atoms with E-state index in [0.29, 0.717) is 12.2 Å². The van der Waals surface area contributed by atoms with E-state index in [1.165, 1.54) is 0 Å². The van der Waals surface area contributed by atoms with E-state index in [1.807, 2.05) is 0 Å². The van der Waals surface area contributed by atoms with Crippen LogP contribution in [0.1, 0.15) is 6.42 Å². The van der Waals surface area contributed by atoms with Crippen LogP contribution in [0, 0.1) is 0 Å². The predicted molar refractivity (Wildman–Crippen MR) is 52.6 cm³/mol. The molecule has 2 nitrogen and oxygen atoms in total. The second-order valence-electron chi connectivity index (χ2n) is 3.62. The monoisotopic (exact) mass is 198 g/mol. The number of halogens is 2. The number of nitrogens with two attached hydrogens (primary N) is 1. The molecule has 1 aliphatic rings. The first kappa shape index (κ1) is 9.24. The van der Waals surface area contributed by atoms with E-state index >= 15 is 0 Å². The van der Waals surface area contributed by atoms with Crippen LogP contribution in [0.15, 0.2) is 24.3 Å². The third kappa shape index (κ3) is 1.78. The van der Waals surface area contributed by atoms with Crippen LogP contribution in [0.3, 0.4) is 0 Å². The summed E-state index contributed by atoms with van der Waals surface area (Å²) in [4.78, 5) is 1.66. The van der Waals surface area contributed by atoms with Crippen LogP contribution in [-0.2, 0) is 0 Å². The van der Waals surface area contributed by atoms with E-state index in [4.69, 9.17) is 5.73 Å². The van der Waals surface area contributed by atoms with Crippen LogP contribution >= 0.6 is 0 Å². The van der Waals surface area contributed by atoms with Crippen molar-refractivity contribution in [3.8, 4) is 0 Å². The van der Waals surface area contributed by atoms with Gasteiger partial charge in [-0.3, -0.25) is 0 Å². The standard InChI is InChI=1S/C10H12F2N2/c11-10(12)4-5-14(7-10)9-3-1-2-8(13)6-9/h1-3,6H,4-5,7,13H2. The first-order chi connectivity index (χ1) is 6.57. The average molecular weight is 198 g/mol. The maximum Gasteiger partial charge on any atom is 0.266 e. The van der Waals surface area contributed by atoms with Gasteiger partial charge in [-0.15, -0.1) is 0 Å². The molecule has 0 bridgehead atoms. The zero-order valence-corrected chi connectivity index (χ0v) is 7.71. The maximum atomic E-state index is 12.9. The molecule has 1 fully saturated rings. The van der Waals surface area contributed by atoms with Gasteiger partial charge >= 0.3 is 0 Å². The van der Waals surface area contributed by atoms with Crippen molar-refractivity contribution in [3.63, 3.8) is 0 Å². The molecule has 1 aromatic carbocycles. The molecule has 1 heterocycles. The van der Waals surface area contributed by atoms with Gasteiger partial charge in [-0.2, -0.15) is 0 Å². The number of alkyl halides is 2. The van der Waals surface area contributed by atoms with Gasteiger partial charge in [0.05, 0.1) is 6.54 Å². The Kier molecular flexibility index (Phi) is 2.06. The summed E-state index contributed by atoms with van der Waals surface area (Å²) in [6, 6.07) is 7.05. The molecule has 0 aliphatic carbocycles. The quantitative estimate of drug-likeness (QED) is 0.700. The van der Waals surface area contributed by atoms with Crippen LogP contribution in [0.25, 0.3) is 0 Å². The highest BCUT2D eigenvalue weighted by Gasteiger charge is 2.38. The normalized spacial score (nSPS) is 20.0. The summed E-state index contributed by atoms with van der Waals surface area (Å²) in [5.41, 5.74) is 6.97. The summed E-state index contributed by atoms with van der Waals surface area (Å²) in [5, 5.41) is 0. The van der Waals surface area contributed by atoms with Gasteiger partial charge in [0.2, 0.25) is 0 Å². The molecular weight excluding hydrogens is 186 g/mol. The number of hydrogen-bond acceptors (Lipinski definition) is 2. The van der Waals surface area contributed by atoms with Gasteiger partial charge < -0.3 is 10.6 Å².